The molecule has 0 fully saturated rings. The largest absolute Gasteiger partial charge is 0.417 e. The Balaban J connectivity index is 2.01. The molecule has 2 aromatic heterocycles. The molecule has 6 heteroatoms. The first-order valence-corrected chi connectivity index (χ1v) is 6.08. The van der Waals surface area contributed by atoms with Gasteiger partial charge in [0.15, 0.2) is 5.58 Å². The van der Waals surface area contributed by atoms with Crippen molar-refractivity contribution in [1.82, 2.24) is 15.0 Å². The lowest BCUT2D eigenvalue weighted by Gasteiger charge is -2.02. The second-order valence-electron chi connectivity index (χ2n) is 4.24. The van der Waals surface area contributed by atoms with Gasteiger partial charge in [-0.25, -0.2) is 14.8 Å². The summed E-state index contributed by atoms with van der Waals surface area (Å²) in [5.74, 6) is 0.147. The number of nitrogens with zero attached hydrogens (tertiary/aromatic N) is 3. The average molecular weight is 266 g/mol. The van der Waals surface area contributed by atoms with Crippen LogP contribution >= 0.6 is 0 Å². The Morgan fingerprint density at radius 1 is 1.35 bits per heavy atom. The van der Waals surface area contributed by atoms with Crippen LogP contribution in [0.5, 0.6) is 0 Å². The van der Waals surface area contributed by atoms with E-state index in [-0.39, 0.29) is 0 Å². The van der Waals surface area contributed by atoms with Gasteiger partial charge in [0.1, 0.15) is 5.82 Å². The molecule has 0 atom stereocenters. The monoisotopic (exact) mass is 266 g/mol. The highest BCUT2D eigenvalue weighted by Crippen LogP contribution is 2.21. The van der Waals surface area contributed by atoms with Gasteiger partial charge in [-0.15, -0.1) is 0 Å². The molecule has 6 nitrogen and oxygen atoms in total. The maximum atomic E-state index is 11.1. The first-order chi connectivity index (χ1) is 9.76. The molecule has 98 valence electrons. The maximum Gasteiger partial charge on any atom is 0.417 e. The lowest BCUT2D eigenvalue weighted by molar-refractivity contribution is 0.555. The standard InChI is InChI=1S/C14H10N4O2/c15-6-1-2-13-16-7-5-10(17-13)9-3-4-11-12(8-9)20-14(19)18-11/h3-5,7-8H,1-2H2,(H,18,19). The number of aromatic nitrogens is 3. The summed E-state index contributed by atoms with van der Waals surface area (Å²) >= 11 is 0. The van der Waals surface area contributed by atoms with E-state index in [4.69, 9.17) is 9.68 Å². The fraction of sp³-hybridized carbons (Fsp3) is 0.143. The second-order valence-corrected chi connectivity index (χ2v) is 4.24. The lowest BCUT2D eigenvalue weighted by Crippen LogP contribution is -1.95. The van der Waals surface area contributed by atoms with Gasteiger partial charge in [-0.3, -0.25) is 4.98 Å². The lowest BCUT2D eigenvalue weighted by atomic mass is 10.1. The quantitative estimate of drug-likeness (QED) is 0.782. The highest BCUT2D eigenvalue weighted by Gasteiger charge is 2.06. The van der Waals surface area contributed by atoms with Crippen molar-refractivity contribution in [3.05, 3.63) is 46.8 Å². The van der Waals surface area contributed by atoms with E-state index in [9.17, 15) is 4.79 Å². The van der Waals surface area contributed by atoms with Crippen LogP contribution in [0.1, 0.15) is 12.2 Å². The number of hydrogen-bond donors (Lipinski definition) is 1. The number of benzene rings is 1. The first-order valence-electron chi connectivity index (χ1n) is 6.08. The van der Waals surface area contributed by atoms with Crippen LogP contribution in [0.25, 0.3) is 22.4 Å². The van der Waals surface area contributed by atoms with E-state index in [2.05, 4.69) is 21.0 Å². The van der Waals surface area contributed by atoms with Crippen LogP contribution in [-0.2, 0) is 6.42 Å². The second kappa shape index (κ2) is 4.97. The summed E-state index contributed by atoms with van der Waals surface area (Å²) in [7, 11) is 0. The number of oxazole rings is 1. The Morgan fingerprint density at radius 3 is 3.10 bits per heavy atom. The molecule has 0 saturated heterocycles. The van der Waals surface area contributed by atoms with E-state index in [1.165, 1.54) is 0 Å². The number of rotatable bonds is 3. The fourth-order valence-electron chi connectivity index (χ4n) is 1.95. The van der Waals surface area contributed by atoms with Crippen LogP contribution in [0, 0.1) is 11.3 Å². The molecule has 0 radical (unpaired) electrons. The zero-order valence-corrected chi connectivity index (χ0v) is 10.5. The van der Waals surface area contributed by atoms with Gasteiger partial charge in [-0.2, -0.15) is 5.26 Å². The third-order valence-electron chi connectivity index (χ3n) is 2.88. The Morgan fingerprint density at radius 2 is 2.25 bits per heavy atom. The number of aromatic amines is 1. The zero-order chi connectivity index (χ0) is 13.9. The summed E-state index contributed by atoms with van der Waals surface area (Å²) in [6.45, 7) is 0. The third-order valence-corrected chi connectivity index (χ3v) is 2.88. The predicted molar refractivity (Wildman–Crippen MR) is 71.8 cm³/mol. The SMILES string of the molecule is N#CCCc1nccc(-c2ccc3[nH]c(=O)oc3c2)n1. The highest BCUT2D eigenvalue weighted by molar-refractivity contribution is 5.78. The summed E-state index contributed by atoms with van der Waals surface area (Å²) in [5, 5.41) is 8.58. The van der Waals surface area contributed by atoms with Gasteiger partial charge in [-0.05, 0) is 18.2 Å². The predicted octanol–water partition coefficient (Wildman–Crippen LogP) is 2.03. The fourth-order valence-corrected chi connectivity index (χ4v) is 1.95. The minimum atomic E-state index is -0.477. The van der Waals surface area contributed by atoms with E-state index >= 15 is 0 Å². The molecule has 0 aliphatic rings. The number of fused-ring (bicyclic) bond motifs is 1. The van der Waals surface area contributed by atoms with Gasteiger partial charge in [0, 0.05) is 24.6 Å². The van der Waals surface area contributed by atoms with E-state index in [1.54, 1.807) is 24.4 Å². The number of H-pyrrole nitrogens is 1. The van der Waals surface area contributed by atoms with Crippen LogP contribution in [-0.4, -0.2) is 15.0 Å². The molecule has 0 bridgehead atoms. The summed E-state index contributed by atoms with van der Waals surface area (Å²) in [5.41, 5.74) is 2.71. The minimum absolute atomic E-state index is 0.384. The van der Waals surface area contributed by atoms with Crippen LogP contribution < -0.4 is 5.76 Å². The summed E-state index contributed by atoms with van der Waals surface area (Å²) < 4.78 is 5.03. The maximum absolute atomic E-state index is 11.1. The van der Waals surface area contributed by atoms with Gasteiger partial charge in [-0.1, -0.05) is 6.07 Å². The molecular weight excluding hydrogens is 256 g/mol. The first kappa shape index (κ1) is 12.1. The van der Waals surface area contributed by atoms with Gasteiger partial charge in [0.2, 0.25) is 0 Å². The summed E-state index contributed by atoms with van der Waals surface area (Å²) in [6, 6.07) is 9.22. The Bertz CT molecular complexity index is 857. The summed E-state index contributed by atoms with van der Waals surface area (Å²) in [6.07, 6.45) is 2.56. The van der Waals surface area contributed by atoms with E-state index in [1.807, 2.05) is 6.07 Å². The van der Waals surface area contributed by atoms with Gasteiger partial charge < -0.3 is 4.42 Å². The number of hydrogen-bond acceptors (Lipinski definition) is 5. The molecule has 0 amide bonds. The summed E-state index contributed by atoms with van der Waals surface area (Å²) in [4.78, 5) is 22.2. The molecule has 1 N–H and O–H groups in total. The molecule has 20 heavy (non-hydrogen) atoms. The molecule has 0 aliphatic heterocycles. The van der Waals surface area contributed by atoms with Crippen molar-refractivity contribution in [1.29, 1.82) is 5.26 Å². The van der Waals surface area contributed by atoms with E-state index in [0.29, 0.717) is 29.8 Å². The number of nitriles is 1. The van der Waals surface area contributed by atoms with Crippen molar-refractivity contribution in [3.8, 4) is 17.3 Å². The van der Waals surface area contributed by atoms with Crippen molar-refractivity contribution in [2.75, 3.05) is 0 Å². The zero-order valence-electron chi connectivity index (χ0n) is 10.5. The van der Waals surface area contributed by atoms with Gasteiger partial charge in [0.05, 0.1) is 17.3 Å². The Labute approximate surface area is 113 Å². The molecule has 0 spiro atoms. The van der Waals surface area contributed by atoms with Crippen LogP contribution in [0.2, 0.25) is 0 Å². The van der Waals surface area contributed by atoms with E-state index in [0.717, 1.165) is 11.3 Å². The Hall–Kier alpha value is -2.94. The molecule has 1 aromatic carbocycles. The van der Waals surface area contributed by atoms with Gasteiger partial charge in [0.25, 0.3) is 0 Å². The van der Waals surface area contributed by atoms with Crippen LogP contribution in [0.15, 0.2) is 39.7 Å². The van der Waals surface area contributed by atoms with Crippen molar-refractivity contribution in [3.63, 3.8) is 0 Å². The molecule has 0 aliphatic carbocycles. The van der Waals surface area contributed by atoms with Crippen molar-refractivity contribution < 1.29 is 4.42 Å². The van der Waals surface area contributed by atoms with Crippen LogP contribution in [0.4, 0.5) is 0 Å². The van der Waals surface area contributed by atoms with E-state index < -0.39 is 5.76 Å². The minimum Gasteiger partial charge on any atom is -0.408 e. The normalized spacial score (nSPS) is 10.6. The molecule has 2 heterocycles. The van der Waals surface area contributed by atoms with Crippen molar-refractivity contribution in [2.45, 2.75) is 12.8 Å². The van der Waals surface area contributed by atoms with Crippen LogP contribution in [0.3, 0.4) is 0 Å². The van der Waals surface area contributed by atoms with Crippen molar-refractivity contribution >= 4 is 11.1 Å². The third kappa shape index (κ3) is 2.29. The smallest absolute Gasteiger partial charge is 0.408 e. The Kier molecular flexibility index (Phi) is 3.01. The number of nitrogens with one attached hydrogen (secondary N) is 1. The molecular formula is C14H10N4O2. The van der Waals surface area contributed by atoms with Gasteiger partial charge >= 0.3 is 5.76 Å². The number of aryl methyl sites for hydroxylation is 1. The molecule has 0 saturated carbocycles. The molecule has 3 rings (SSSR count). The highest BCUT2D eigenvalue weighted by atomic mass is 16.4. The topological polar surface area (TPSA) is 95.6 Å². The van der Waals surface area contributed by atoms with Crippen molar-refractivity contribution in [2.24, 2.45) is 0 Å². The molecule has 0 unspecified atom stereocenters. The average Bonchev–Trinajstić information content (AvgIpc) is 2.84. The molecule has 3 aromatic rings.